The second-order valence-electron chi connectivity index (χ2n) is 6.86. The van der Waals surface area contributed by atoms with Crippen LogP contribution in [0, 0.1) is 5.92 Å². The topological polar surface area (TPSA) is 87.7 Å². The van der Waals surface area contributed by atoms with E-state index in [2.05, 4.69) is 26.6 Å². The van der Waals surface area contributed by atoms with Crippen molar-refractivity contribution < 1.29 is 19.1 Å². The molecule has 2 aromatic carbocycles. The molecule has 7 nitrogen and oxygen atoms in total. The number of carbonyl (C=O) groups is 3. The van der Waals surface area contributed by atoms with Crippen molar-refractivity contribution in [1.82, 2.24) is 4.90 Å². The van der Waals surface area contributed by atoms with Gasteiger partial charge in [-0.15, -0.1) is 0 Å². The maximum absolute atomic E-state index is 12.3. The van der Waals surface area contributed by atoms with Crippen LogP contribution in [0.25, 0.3) is 0 Å². The van der Waals surface area contributed by atoms with Gasteiger partial charge in [0.2, 0.25) is 11.8 Å². The lowest BCUT2D eigenvalue weighted by molar-refractivity contribution is -0.135. The molecule has 1 saturated carbocycles. The molecule has 1 aliphatic rings. The third-order valence-electron chi connectivity index (χ3n) is 4.37. The van der Waals surface area contributed by atoms with Gasteiger partial charge in [-0.05, 0) is 53.0 Å². The van der Waals surface area contributed by atoms with Crippen molar-refractivity contribution in [3.8, 4) is 5.75 Å². The Kier molecular flexibility index (Phi) is 6.87. The second kappa shape index (κ2) is 9.56. The van der Waals surface area contributed by atoms with Gasteiger partial charge in [0.25, 0.3) is 5.91 Å². The average Bonchev–Trinajstić information content (AvgIpc) is 3.53. The molecular formula is C21H22BrN3O4. The summed E-state index contributed by atoms with van der Waals surface area (Å²) in [5, 5.41) is 5.59. The molecule has 29 heavy (non-hydrogen) atoms. The summed E-state index contributed by atoms with van der Waals surface area (Å²) in [5.74, 6) is -0.0540. The summed E-state index contributed by atoms with van der Waals surface area (Å²) in [7, 11) is 1.54. The first-order chi connectivity index (χ1) is 13.9. The van der Waals surface area contributed by atoms with Crippen molar-refractivity contribution in [2.24, 2.45) is 5.92 Å². The van der Waals surface area contributed by atoms with Crippen LogP contribution in [0.4, 0.5) is 11.4 Å². The number of halogens is 1. The molecule has 2 aromatic rings. The van der Waals surface area contributed by atoms with Crippen LogP contribution < -0.4 is 15.4 Å². The molecule has 152 valence electrons. The van der Waals surface area contributed by atoms with E-state index >= 15 is 0 Å². The standard InChI is InChI=1S/C21H22BrN3O4/c1-25(12-19(26)24-18-8-3-2-7-17(18)22)20(27)13-29-16-6-4-5-15(11-16)23-21(28)14-9-10-14/h2-8,11,14H,9-10,12-13H2,1H3,(H,23,28)(H,24,26). The number of carbonyl (C=O) groups excluding carboxylic acids is 3. The Morgan fingerprint density at radius 3 is 2.59 bits per heavy atom. The number of nitrogens with one attached hydrogen (secondary N) is 2. The molecule has 1 aliphatic carbocycles. The van der Waals surface area contributed by atoms with Gasteiger partial charge in [-0.1, -0.05) is 18.2 Å². The highest BCUT2D eigenvalue weighted by molar-refractivity contribution is 9.10. The fourth-order valence-corrected chi connectivity index (χ4v) is 2.95. The second-order valence-corrected chi connectivity index (χ2v) is 7.71. The first-order valence-corrected chi connectivity index (χ1v) is 10.0. The van der Waals surface area contributed by atoms with Crippen molar-refractivity contribution in [2.45, 2.75) is 12.8 Å². The number of amides is 3. The van der Waals surface area contributed by atoms with E-state index in [1.54, 1.807) is 30.3 Å². The van der Waals surface area contributed by atoms with Gasteiger partial charge < -0.3 is 20.3 Å². The number of ether oxygens (including phenoxy) is 1. The molecule has 0 heterocycles. The molecule has 2 N–H and O–H groups in total. The van der Waals surface area contributed by atoms with Crippen LogP contribution in [0.3, 0.4) is 0 Å². The van der Waals surface area contributed by atoms with Crippen LogP contribution in [0.1, 0.15) is 12.8 Å². The predicted octanol–water partition coefficient (Wildman–Crippen LogP) is 3.27. The summed E-state index contributed by atoms with van der Waals surface area (Å²) in [5.41, 5.74) is 1.27. The number of nitrogens with zero attached hydrogens (tertiary/aromatic N) is 1. The minimum Gasteiger partial charge on any atom is -0.484 e. The van der Waals surface area contributed by atoms with Crippen LogP contribution in [-0.4, -0.2) is 42.8 Å². The van der Waals surface area contributed by atoms with Gasteiger partial charge in [-0.25, -0.2) is 0 Å². The van der Waals surface area contributed by atoms with Crippen LogP contribution in [0.15, 0.2) is 53.0 Å². The van der Waals surface area contributed by atoms with Gasteiger partial charge in [-0.2, -0.15) is 0 Å². The normalized spacial score (nSPS) is 12.8. The van der Waals surface area contributed by atoms with Crippen molar-refractivity contribution in [3.63, 3.8) is 0 Å². The van der Waals surface area contributed by atoms with E-state index in [0.29, 0.717) is 17.1 Å². The highest BCUT2D eigenvalue weighted by atomic mass is 79.9. The fourth-order valence-electron chi connectivity index (χ4n) is 2.56. The Balaban J connectivity index is 1.46. The molecule has 0 saturated heterocycles. The molecule has 0 spiro atoms. The zero-order valence-electron chi connectivity index (χ0n) is 16.0. The quantitative estimate of drug-likeness (QED) is 0.633. The van der Waals surface area contributed by atoms with Gasteiger partial charge in [0, 0.05) is 29.2 Å². The molecule has 0 radical (unpaired) electrons. The van der Waals surface area contributed by atoms with Gasteiger partial charge in [0.15, 0.2) is 6.61 Å². The number of likely N-dealkylation sites (N-methyl/N-ethyl adjacent to an activating group) is 1. The Labute approximate surface area is 177 Å². The smallest absolute Gasteiger partial charge is 0.260 e. The van der Waals surface area contributed by atoms with Crippen LogP contribution in [0.5, 0.6) is 5.75 Å². The third-order valence-corrected chi connectivity index (χ3v) is 5.06. The Hall–Kier alpha value is -2.87. The molecule has 3 amide bonds. The summed E-state index contributed by atoms with van der Waals surface area (Å²) in [6.07, 6.45) is 1.86. The van der Waals surface area contributed by atoms with Crippen molar-refractivity contribution in [3.05, 3.63) is 53.0 Å². The first-order valence-electron chi connectivity index (χ1n) is 9.24. The third kappa shape index (κ3) is 6.32. The molecule has 0 atom stereocenters. The number of benzene rings is 2. The molecule has 0 bridgehead atoms. The maximum Gasteiger partial charge on any atom is 0.260 e. The Bertz CT molecular complexity index is 914. The summed E-state index contributed by atoms with van der Waals surface area (Å²) in [6.45, 7) is -0.306. The minimum absolute atomic E-state index is 0.00836. The molecular weight excluding hydrogens is 438 g/mol. The van der Waals surface area contributed by atoms with E-state index in [-0.39, 0.29) is 36.8 Å². The number of hydrogen-bond acceptors (Lipinski definition) is 4. The van der Waals surface area contributed by atoms with Crippen molar-refractivity contribution >= 4 is 45.0 Å². The number of rotatable bonds is 8. The van der Waals surface area contributed by atoms with Crippen LogP contribution in [-0.2, 0) is 14.4 Å². The number of hydrogen-bond donors (Lipinski definition) is 2. The van der Waals surface area contributed by atoms with Gasteiger partial charge in [-0.3, -0.25) is 14.4 Å². The summed E-state index contributed by atoms with van der Waals surface area (Å²) >= 11 is 3.36. The zero-order valence-corrected chi connectivity index (χ0v) is 17.6. The fraction of sp³-hybridized carbons (Fsp3) is 0.286. The molecule has 0 unspecified atom stereocenters. The lowest BCUT2D eigenvalue weighted by Gasteiger charge is -2.17. The van der Waals surface area contributed by atoms with E-state index in [1.807, 2.05) is 18.2 Å². The lowest BCUT2D eigenvalue weighted by Crippen LogP contribution is -2.37. The summed E-state index contributed by atoms with van der Waals surface area (Å²) in [6, 6.07) is 14.1. The van der Waals surface area contributed by atoms with Crippen molar-refractivity contribution in [1.29, 1.82) is 0 Å². The molecule has 0 aliphatic heterocycles. The van der Waals surface area contributed by atoms with E-state index < -0.39 is 0 Å². The van der Waals surface area contributed by atoms with E-state index in [9.17, 15) is 14.4 Å². The lowest BCUT2D eigenvalue weighted by atomic mass is 10.3. The largest absolute Gasteiger partial charge is 0.484 e. The number of anilines is 2. The van der Waals surface area contributed by atoms with E-state index in [4.69, 9.17) is 4.74 Å². The summed E-state index contributed by atoms with van der Waals surface area (Å²) < 4.78 is 6.29. The van der Waals surface area contributed by atoms with Gasteiger partial charge in [0.1, 0.15) is 5.75 Å². The zero-order chi connectivity index (χ0) is 20.8. The SMILES string of the molecule is CN(CC(=O)Nc1ccccc1Br)C(=O)COc1cccc(NC(=O)C2CC2)c1. The molecule has 1 fully saturated rings. The van der Waals surface area contributed by atoms with Crippen LogP contribution in [0.2, 0.25) is 0 Å². The highest BCUT2D eigenvalue weighted by Crippen LogP contribution is 2.30. The summed E-state index contributed by atoms with van der Waals surface area (Å²) in [4.78, 5) is 37.6. The molecule has 8 heteroatoms. The number of para-hydroxylation sites is 1. The van der Waals surface area contributed by atoms with E-state index in [1.165, 1.54) is 11.9 Å². The monoisotopic (exact) mass is 459 g/mol. The predicted molar refractivity (Wildman–Crippen MR) is 114 cm³/mol. The van der Waals surface area contributed by atoms with Gasteiger partial charge >= 0.3 is 0 Å². The molecule has 3 rings (SSSR count). The van der Waals surface area contributed by atoms with Crippen LogP contribution >= 0.6 is 15.9 Å². The van der Waals surface area contributed by atoms with Crippen molar-refractivity contribution in [2.75, 3.05) is 30.8 Å². The minimum atomic E-state index is -0.334. The maximum atomic E-state index is 12.3. The Morgan fingerprint density at radius 2 is 1.86 bits per heavy atom. The first kappa shape index (κ1) is 20.9. The van der Waals surface area contributed by atoms with E-state index in [0.717, 1.165) is 17.3 Å². The highest BCUT2D eigenvalue weighted by Gasteiger charge is 2.29. The van der Waals surface area contributed by atoms with Gasteiger partial charge in [0.05, 0.1) is 12.2 Å². The Morgan fingerprint density at radius 1 is 1.10 bits per heavy atom. The average molecular weight is 460 g/mol. The molecule has 0 aromatic heterocycles.